The molecule has 2 N–H and O–H groups in total. The third kappa shape index (κ3) is 3.68. The fraction of sp³-hybridized carbons (Fsp3) is 0.538. The van der Waals surface area contributed by atoms with E-state index in [4.69, 9.17) is 4.74 Å². The Labute approximate surface area is 114 Å². The first-order valence-corrected chi connectivity index (χ1v) is 7.97. The fourth-order valence-corrected chi connectivity index (χ4v) is 3.77. The summed E-state index contributed by atoms with van der Waals surface area (Å²) < 4.78 is 32.5. The topological polar surface area (TPSA) is 67.4 Å². The molecule has 1 aliphatic rings. The van der Waals surface area contributed by atoms with Gasteiger partial charge in [0, 0.05) is 12.7 Å². The lowest BCUT2D eigenvalue weighted by molar-refractivity contribution is 0.185. The first-order valence-electron chi connectivity index (χ1n) is 6.42. The van der Waals surface area contributed by atoms with Gasteiger partial charge in [0.2, 0.25) is 10.0 Å². The summed E-state index contributed by atoms with van der Waals surface area (Å²) in [5.41, 5.74) is 1.46. The molecule has 0 aromatic heterocycles. The second-order valence-electron chi connectivity index (χ2n) is 4.69. The highest BCUT2D eigenvalue weighted by atomic mass is 32.2. The quantitative estimate of drug-likeness (QED) is 0.856. The summed E-state index contributed by atoms with van der Waals surface area (Å²) in [5, 5.41) is 2.85. The van der Waals surface area contributed by atoms with E-state index in [9.17, 15) is 8.42 Å². The molecule has 0 saturated carbocycles. The maximum absolute atomic E-state index is 12.3. The molecule has 0 radical (unpaired) electrons. The Hall–Kier alpha value is -1.11. The van der Waals surface area contributed by atoms with Crippen LogP contribution in [0.4, 0.5) is 5.69 Å². The fourth-order valence-electron chi connectivity index (χ4n) is 2.24. The maximum Gasteiger partial charge on any atom is 0.235 e. The normalized spacial score (nSPS) is 17.3. The minimum absolute atomic E-state index is 0.315. The molecule has 1 aliphatic heterocycles. The molecule has 0 amide bonds. The summed E-state index contributed by atoms with van der Waals surface area (Å²) in [4.78, 5) is 0. The van der Waals surface area contributed by atoms with E-state index in [0.717, 1.165) is 18.7 Å². The predicted octanol–water partition coefficient (Wildman–Crippen LogP) is 1.33. The van der Waals surface area contributed by atoms with Crippen LogP contribution in [0.5, 0.6) is 0 Å². The molecule has 1 saturated heterocycles. The molecule has 2 rings (SSSR count). The van der Waals surface area contributed by atoms with Gasteiger partial charge in [0.15, 0.2) is 0 Å². The van der Waals surface area contributed by atoms with Crippen LogP contribution in [0.15, 0.2) is 24.3 Å². The molecule has 0 bridgehead atoms. The first-order chi connectivity index (χ1) is 9.13. The predicted molar refractivity (Wildman–Crippen MR) is 75.6 cm³/mol. The van der Waals surface area contributed by atoms with Gasteiger partial charge in [0.1, 0.15) is 0 Å². The largest absolute Gasteiger partial charge is 0.380 e. The van der Waals surface area contributed by atoms with Gasteiger partial charge < -0.3 is 10.1 Å². The number of hydrogen-bond donors (Lipinski definition) is 2. The molecule has 1 aromatic rings. The Morgan fingerprint density at radius 2 is 2.00 bits per heavy atom. The van der Waals surface area contributed by atoms with Crippen LogP contribution in [-0.4, -0.2) is 33.9 Å². The van der Waals surface area contributed by atoms with Crippen LogP contribution in [-0.2, 0) is 21.4 Å². The number of hydrogen-bond acceptors (Lipinski definition) is 4. The average Bonchev–Trinajstić information content (AvgIpc) is 2.42. The van der Waals surface area contributed by atoms with Gasteiger partial charge in [0.25, 0.3) is 0 Å². The summed E-state index contributed by atoms with van der Waals surface area (Å²) in [6.45, 7) is 1.90. The minimum atomic E-state index is -3.32. The number of ether oxygens (including phenoxy) is 1. The van der Waals surface area contributed by atoms with Crippen LogP contribution in [0.1, 0.15) is 18.4 Å². The van der Waals surface area contributed by atoms with E-state index in [1.807, 2.05) is 18.2 Å². The molecule has 1 fully saturated rings. The average molecular weight is 284 g/mol. The van der Waals surface area contributed by atoms with Crippen molar-refractivity contribution in [2.45, 2.75) is 24.7 Å². The van der Waals surface area contributed by atoms with Crippen LogP contribution < -0.4 is 10.0 Å². The van der Waals surface area contributed by atoms with E-state index in [-0.39, 0.29) is 5.25 Å². The summed E-state index contributed by atoms with van der Waals surface area (Å²) in [7, 11) is -1.73. The SMILES string of the molecule is COCc1ccccc1NS(=O)(=O)C1CCNCC1. The van der Waals surface area contributed by atoms with Crippen molar-refractivity contribution < 1.29 is 13.2 Å². The zero-order chi connectivity index (χ0) is 13.7. The van der Waals surface area contributed by atoms with Crippen molar-refractivity contribution in [2.75, 3.05) is 24.9 Å². The van der Waals surface area contributed by atoms with Gasteiger partial charge in [-0.1, -0.05) is 18.2 Å². The standard InChI is InChI=1S/C13H20N2O3S/c1-18-10-11-4-2-3-5-13(11)15-19(16,17)12-6-8-14-9-7-12/h2-5,12,14-15H,6-10H2,1H3. The second-order valence-corrected chi connectivity index (χ2v) is 6.65. The third-order valence-electron chi connectivity index (χ3n) is 3.29. The lowest BCUT2D eigenvalue weighted by atomic mass is 10.2. The molecule has 0 atom stereocenters. The van der Waals surface area contributed by atoms with Crippen LogP contribution in [0.3, 0.4) is 0 Å². The van der Waals surface area contributed by atoms with Crippen LogP contribution in [0, 0.1) is 0 Å². The Bertz CT molecular complexity index is 510. The molecule has 6 heteroatoms. The molecule has 5 nitrogen and oxygen atoms in total. The molecule has 1 aromatic carbocycles. The van der Waals surface area contributed by atoms with Gasteiger partial charge in [0.05, 0.1) is 17.5 Å². The highest BCUT2D eigenvalue weighted by molar-refractivity contribution is 7.93. The van der Waals surface area contributed by atoms with Gasteiger partial charge in [-0.3, -0.25) is 4.72 Å². The minimum Gasteiger partial charge on any atom is -0.380 e. The summed E-state index contributed by atoms with van der Waals surface area (Å²) in [6.07, 6.45) is 1.31. The Balaban J connectivity index is 2.15. The Morgan fingerprint density at radius 3 is 2.68 bits per heavy atom. The molecule has 1 heterocycles. The maximum atomic E-state index is 12.3. The number of piperidine rings is 1. The van der Waals surface area contributed by atoms with E-state index >= 15 is 0 Å². The summed E-state index contributed by atoms with van der Waals surface area (Å²) in [6, 6.07) is 7.33. The number of rotatable bonds is 5. The number of anilines is 1. The lowest BCUT2D eigenvalue weighted by Crippen LogP contribution is -2.38. The van der Waals surface area contributed by atoms with Gasteiger partial charge in [-0.05, 0) is 32.0 Å². The smallest absolute Gasteiger partial charge is 0.235 e. The molecule has 0 unspecified atom stereocenters. The number of nitrogens with one attached hydrogen (secondary N) is 2. The van der Waals surface area contributed by atoms with Crippen molar-refractivity contribution in [1.82, 2.24) is 5.32 Å². The summed E-state index contributed by atoms with van der Waals surface area (Å²) >= 11 is 0. The highest BCUT2D eigenvalue weighted by Gasteiger charge is 2.27. The number of benzene rings is 1. The van der Waals surface area contributed by atoms with Crippen molar-refractivity contribution >= 4 is 15.7 Å². The zero-order valence-corrected chi connectivity index (χ0v) is 11.9. The van der Waals surface area contributed by atoms with E-state index < -0.39 is 10.0 Å². The van der Waals surface area contributed by atoms with Gasteiger partial charge in [-0.15, -0.1) is 0 Å². The van der Waals surface area contributed by atoms with Crippen molar-refractivity contribution in [3.63, 3.8) is 0 Å². The summed E-state index contributed by atoms with van der Waals surface area (Å²) in [5.74, 6) is 0. The van der Waals surface area contributed by atoms with Gasteiger partial charge in [-0.2, -0.15) is 0 Å². The van der Waals surface area contributed by atoms with Crippen LogP contribution in [0.25, 0.3) is 0 Å². The van der Waals surface area contributed by atoms with Gasteiger partial charge in [-0.25, -0.2) is 8.42 Å². The number of sulfonamides is 1. The second kappa shape index (κ2) is 6.36. The van der Waals surface area contributed by atoms with Crippen LogP contribution >= 0.6 is 0 Å². The third-order valence-corrected chi connectivity index (χ3v) is 5.15. The van der Waals surface area contributed by atoms with Crippen LogP contribution in [0.2, 0.25) is 0 Å². The van der Waals surface area contributed by atoms with E-state index in [0.29, 0.717) is 25.1 Å². The van der Waals surface area contributed by atoms with E-state index in [1.165, 1.54) is 0 Å². The van der Waals surface area contributed by atoms with Gasteiger partial charge >= 0.3 is 0 Å². The number of methoxy groups -OCH3 is 1. The molecule has 106 valence electrons. The van der Waals surface area contributed by atoms with Crippen molar-refractivity contribution in [3.05, 3.63) is 29.8 Å². The molecule has 0 spiro atoms. The first kappa shape index (κ1) is 14.3. The Morgan fingerprint density at radius 1 is 1.32 bits per heavy atom. The number of para-hydroxylation sites is 1. The van der Waals surface area contributed by atoms with E-state index in [1.54, 1.807) is 13.2 Å². The van der Waals surface area contributed by atoms with Crippen molar-refractivity contribution in [1.29, 1.82) is 0 Å². The molecule has 0 aliphatic carbocycles. The lowest BCUT2D eigenvalue weighted by Gasteiger charge is -2.24. The van der Waals surface area contributed by atoms with Crippen molar-refractivity contribution in [3.8, 4) is 0 Å². The highest BCUT2D eigenvalue weighted by Crippen LogP contribution is 2.21. The zero-order valence-electron chi connectivity index (χ0n) is 11.1. The molecule has 19 heavy (non-hydrogen) atoms. The molecular formula is C13H20N2O3S. The Kier molecular flexibility index (Phi) is 4.79. The van der Waals surface area contributed by atoms with E-state index in [2.05, 4.69) is 10.0 Å². The monoisotopic (exact) mass is 284 g/mol. The van der Waals surface area contributed by atoms with Crippen molar-refractivity contribution in [2.24, 2.45) is 0 Å². The molecular weight excluding hydrogens is 264 g/mol.